The molecule has 0 saturated heterocycles. The molecule has 0 aliphatic carbocycles. The highest BCUT2D eigenvalue weighted by Crippen LogP contribution is 2.29. The highest BCUT2D eigenvalue weighted by molar-refractivity contribution is 5.84. The van der Waals surface area contributed by atoms with E-state index in [1.54, 1.807) is 50.6 Å². The predicted octanol–water partition coefficient (Wildman–Crippen LogP) is 2.51. The summed E-state index contributed by atoms with van der Waals surface area (Å²) in [4.78, 5) is 24.1. The smallest absolute Gasteiger partial charge is 0.330 e. The third-order valence-corrected chi connectivity index (χ3v) is 4.71. The summed E-state index contributed by atoms with van der Waals surface area (Å²) in [6, 6.07) is 9.47. The minimum absolute atomic E-state index is 0.126. The van der Waals surface area contributed by atoms with Crippen LogP contribution in [0.2, 0.25) is 0 Å². The molecule has 0 radical (unpaired) electrons. The molecule has 1 heterocycles. The van der Waals surface area contributed by atoms with Crippen LogP contribution in [0.5, 0.6) is 17.2 Å². The summed E-state index contributed by atoms with van der Waals surface area (Å²) in [5.41, 5.74) is 2.31. The first-order valence-electron chi connectivity index (χ1n) is 9.00. The van der Waals surface area contributed by atoms with Crippen LogP contribution in [0.1, 0.15) is 29.2 Å². The summed E-state index contributed by atoms with van der Waals surface area (Å²) in [5, 5.41) is 12.2. The summed E-state index contributed by atoms with van der Waals surface area (Å²) in [7, 11) is 3.13. The van der Waals surface area contributed by atoms with Gasteiger partial charge < -0.3 is 24.6 Å². The zero-order valence-electron chi connectivity index (χ0n) is 15.9. The molecule has 0 spiro atoms. The summed E-state index contributed by atoms with van der Waals surface area (Å²) in [6.45, 7) is 0.589. The molecule has 1 atom stereocenters. The molecule has 1 unspecified atom stereocenters. The van der Waals surface area contributed by atoms with Crippen LogP contribution in [-0.2, 0) is 22.4 Å². The van der Waals surface area contributed by atoms with Crippen molar-refractivity contribution in [2.24, 2.45) is 0 Å². The fourth-order valence-corrected chi connectivity index (χ4v) is 3.23. The van der Waals surface area contributed by atoms with E-state index in [9.17, 15) is 14.7 Å². The molecule has 2 aromatic carbocycles. The van der Waals surface area contributed by atoms with Gasteiger partial charge in [-0.3, -0.25) is 4.79 Å². The second kappa shape index (κ2) is 8.65. The number of aryl methyl sites for hydroxylation is 1. The number of carbonyl (C=O) groups is 2. The van der Waals surface area contributed by atoms with Gasteiger partial charge in [-0.15, -0.1) is 0 Å². The quantitative estimate of drug-likeness (QED) is 0.725. The molecule has 1 aliphatic rings. The number of carbonyl (C=O) groups excluding carboxylic acids is 1. The maximum absolute atomic E-state index is 12.4. The van der Waals surface area contributed by atoms with E-state index in [1.165, 1.54) is 0 Å². The maximum atomic E-state index is 12.4. The van der Waals surface area contributed by atoms with Crippen LogP contribution in [-0.4, -0.2) is 37.8 Å². The number of methoxy groups -OCH3 is 2. The number of aliphatic carboxylic acids is 1. The Kier molecular flexibility index (Phi) is 6.03. The SMILES string of the molecule is COc1ccc(OC)c(CCC(=O)NC(C(=O)O)c2ccc3c(c2)CCO3)c1. The summed E-state index contributed by atoms with van der Waals surface area (Å²) >= 11 is 0. The zero-order valence-corrected chi connectivity index (χ0v) is 15.9. The molecule has 7 heteroatoms. The standard InChI is InChI=1S/C21H23NO6/c1-26-16-5-7-17(27-2)13(12-16)4-8-19(23)22-20(21(24)25)15-3-6-18-14(11-15)9-10-28-18/h3,5-7,11-12,20H,4,8-10H2,1-2H3,(H,22,23)(H,24,25). The third-order valence-electron chi connectivity index (χ3n) is 4.71. The molecule has 0 bridgehead atoms. The number of carboxylic acids is 1. The topological polar surface area (TPSA) is 94.1 Å². The van der Waals surface area contributed by atoms with Crippen LogP contribution in [0.4, 0.5) is 0 Å². The van der Waals surface area contributed by atoms with Crippen LogP contribution >= 0.6 is 0 Å². The lowest BCUT2D eigenvalue weighted by Gasteiger charge is -2.16. The van der Waals surface area contributed by atoms with E-state index >= 15 is 0 Å². The van der Waals surface area contributed by atoms with Crippen molar-refractivity contribution in [2.45, 2.75) is 25.3 Å². The molecule has 7 nitrogen and oxygen atoms in total. The van der Waals surface area contributed by atoms with Crippen molar-refractivity contribution in [1.29, 1.82) is 0 Å². The number of carboxylic acid groups (broad SMARTS) is 1. The number of nitrogens with one attached hydrogen (secondary N) is 1. The number of rotatable bonds is 8. The van der Waals surface area contributed by atoms with Gasteiger partial charge in [-0.1, -0.05) is 6.07 Å². The number of fused-ring (bicyclic) bond motifs is 1. The van der Waals surface area contributed by atoms with Crippen LogP contribution < -0.4 is 19.5 Å². The molecule has 1 aliphatic heterocycles. The van der Waals surface area contributed by atoms with Gasteiger partial charge in [-0.25, -0.2) is 4.79 Å². The second-order valence-corrected chi connectivity index (χ2v) is 6.48. The van der Waals surface area contributed by atoms with E-state index in [0.717, 1.165) is 23.3 Å². The number of benzene rings is 2. The first kappa shape index (κ1) is 19.5. The van der Waals surface area contributed by atoms with E-state index in [0.29, 0.717) is 30.1 Å². The Morgan fingerprint density at radius 2 is 2.00 bits per heavy atom. The van der Waals surface area contributed by atoms with Gasteiger partial charge in [0.15, 0.2) is 6.04 Å². The molecule has 0 aromatic heterocycles. The van der Waals surface area contributed by atoms with Crippen molar-refractivity contribution in [3.63, 3.8) is 0 Å². The van der Waals surface area contributed by atoms with E-state index in [1.807, 2.05) is 0 Å². The van der Waals surface area contributed by atoms with Crippen molar-refractivity contribution in [1.82, 2.24) is 5.32 Å². The monoisotopic (exact) mass is 385 g/mol. The number of ether oxygens (including phenoxy) is 3. The Morgan fingerprint density at radius 3 is 2.71 bits per heavy atom. The maximum Gasteiger partial charge on any atom is 0.330 e. The van der Waals surface area contributed by atoms with Crippen LogP contribution in [0.25, 0.3) is 0 Å². The average Bonchev–Trinajstić information content (AvgIpc) is 3.17. The normalized spacial score (nSPS) is 13.2. The fourth-order valence-electron chi connectivity index (χ4n) is 3.23. The third kappa shape index (κ3) is 4.36. The van der Waals surface area contributed by atoms with E-state index in [-0.39, 0.29) is 12.3 Å². The molecule has 1 amide bonds. The minimum atomic E-state index is -1.11. The molecule has 2 N–H and O–H groups in total. The van der Waals surface area contributed by atoms with E-state index < -0.39 is 12.0 Å². The lowest BCUT2D eigenvalue weighted by Crippen LogP contribution is -2.33. The predicted molar refractivity (Wildman–Crippen MR) is 102 cm³/mol. The Labute approximate surface area is 163 Å². The Balaban J connectivity index is 1.68. The van der Waals surface area contributed by atoms with Gasteiger partial charge in [-0.2, -0.15) is 0 Å². The molecule has 28 heavy (non-hydrogen) atoms. The van der Waals surface area contributed by atoms with Crippen molar-refractivity contribution in [2.75, 3.05) is 20.8 Å². The van der Waals surface area contributed by atoms with Gasteiger partial charge in [0.25, 0.3) is 0 Å². The molecule has 0 saturated carbocycles. The molecule has 2 aromatic rings. The van der Waals surface area contributed by atoms with Crippen LogP contribution in [0, 0.1) is 0 Å². The minimum Gasteiger partial charge on any atom is -0.497 e. The first-order valence-corrected chi connectivity index (χ1v) is 9.00. The van der Waals surface area contributed by atoms with Crippen molar-refractivity contribution in [3.05, 3.63) is 53.1 Å². The van der Waals surface area contributed by atoms with Gasteiger partial charge in [0.2, 0.25) is 5.91 Å². The van der Waals surface area contributed by atoms with Crippen molar-refractivity contribution >= 4 is 11.9 Å². The number of hydrogen-bond acceptors (Lipinski definition) is 5. The van der Waals surface area contributed by atoms with E-state index in [2.05, 4.69) is 5.32 Å². The average molecular weight is 385 g/mol. The van der Waals surface area contributed by atoms with Crippen LogP contribution in [0.3, 0.4) is 0 Å². The Morgan fingerprint density at radius 1 is 1.18 bits per heavy atom. The fraction of sp³-hybridized carbons (Fsp3) is 0.333. The van der Waals surface area contributed by atoms with Gasteiger partial charge in [0.1, 0.15) is 17.2 Å². The zero-order chi connectivity index (χ0) is 20.1. The Hall–Kier alpha value is -3.22. The summed E-state index contributed by atoms with van der Waals surface area (Å²) < 4.78 is 16.0. The molecular formula is C21H23NO6. The van der Waals surface area contributed by atoms with Gasteiger partial charge in [0, 0.05) is 12.8 Å². The second-order valence-electron chi connectivity index (χ2n) is 6.48. The summed E-state index contributed by atoms with van der Waals surface area (Å²) in [5.74, 6) is 0.631. The lowest BCUT2D eigenvalue weighted by atomic mass is 10.0. The van der Waals surface area contributed by atoms with Gasteiger partial charge in [-0.05, 0) is 53.4 Å². The van der Waals surface area contributed by atoms with E-state index in [4.69, 9.17) is 14.2 Å². The molecule has 0 fully saturated rings. The molecule has 148 valence electrons. The summed E-state index contributed by atoms with van der Waals surface area (Å²) in [6.07, 6.45) is 1.26. The van der Waals surface area contributed by atoms with Crippen molar-refractivity contribution < 1.29 is 28.9 Å². The highest BCUT2D eigenvalue weighted by Gasteiger charge is 2.24. The Bertz CT molecular complexity index is 879. The largest absolute Gasteiger partial charge is 0.497 e. The van der Waals surface area contributed by atoms with Crippen LogP contribution in [0.15, 0.2) is 36.4 Å². The molecule has 3 rings (SSSR count). The highest BCUT2D eigenvalue weighted by atomic mass is 16.5. The molecular weight excluding hydrogens is 362 g/mol. The van der Waals surface area contributed by atoms with Gasteiger partial charge >= 0.3 is 5.97 Å². The van der Waals surface area contributed by atoms with Gasteiger partial charge in [0.05, 0.1) is 20.8 Å². The lowest BCUT2D eigenvalue weighted by molar-refractivity contribution is -0.142. The van der Waals surface area contributed by atoms with Crippen molar-refractivity contribution in [3.8, 4) is 17.2 Å². The first-order chi connectivity index (χ1) is 13.5. The number of hydrogen-bond donors (Lipinski definition) is 2. The number of amides is 1.